The van der Waals surface area contributed by atoms with E-state index in [1.807, 2.05) is 24.3 Å². The summed E-state index contributed by atoms with van der Waals surface area (Å²) < 4.78 is 5.38. The molecule has 1 fully saturated rings. The van der Waals surface area contributed by atoms with Gasteiger partial charge in [0.25, 0.3) is 5.91 Å². The highest BCUT2D eigenvalue weighted by Gasteiger charge is 2.25. The van der Waals surface area contributed by atoms with E-state index in [2.05, 4.69) is 4.90 Å². The predicted octanol–water partition coefficient (Wildman–Crippen LogP) is 2.27. The van der Waals surface area contributed by atoms with Gasteiger partial charge in [-0.25, -0.2) is 0 Å². The quantitative estimate of drug-likeness (QED) is 0.666. The molecule has 1 aliphatic rings. The zero-order valence-corrected chi connectivity index (χ0v) is 14.3. The minimum Gasteiger partial charge on any atom is -0.502 e. The molecule has 136 valence electrons. The van der Waals surface area contributed by atoms with Gasteiger partial charge in [-0.05, 0) is 24.3 Å². The van der Waals surface area contributed by atoms with Gasteiger partial charge in [0.05, 0.1) is 17.7 Å². The number of rotatable bonds is 4. The first-order valence-corrected chi connectivity index (χ1v) is 8.16. The SMILES string of the molecule is COc1ccccc1N1CCN(C(=O)c2ccc([N+](=O)[O-])c(O)c2)CC1. The number of carbonyl (C=O) groups is 1. The fourth-order valence-corrected chi connectivity index (χ4v) is 3.03. The number of methoxy groups -OCH3 is 1. The third kappa shape index (κ3) is 3.39. The summed E-state index contributed by atoms with van der Waals surface area (Å²) in [5, 5.41) is 20.5. The molecule has 26 heavy (non-hydrogen) atoms. The molecule has 8 nitrogen and oxygen atoms in total. The molecule has 1 heterocycles. The van der Waals surface area contributed by atoms with Crippen molar-refractivity contribution in [2.75, 3.05) is 38.2 Å². The molecule has 1 N–H and O–H groups in total. The number of hydrogen-bond acceptors (Lipinski definition) is 6. The third-order valence-electron chi connectivity index (χ3n) is 4.41. The summed E-state index contributed by atoms with van der Waals surface area (Å²) in [6.07, 6.45) is 0. The van der Waals surface area contributed by atoms with Crippen molar-refractivity contribution < 1.29 is 19.6 Å². The molecule has 1 saturated heterocycles. The van der Waals surface area contributed by atoms with Crippen LogP contribution in [0.1, 0.15) is 10.4 Å². The first-order valence-electron chi connectivity index (χ1n) is 8.16. The van der Waals surface area contributed by atoms with Gasteiger partial charge in [-0.2, -0.15) is 0 Å². The van der Waals surface area contributed by atoms with Crippen LogP contribution in [0, 0.1) is 10.1 Å². The minimum absolute atomic E-state index is 0.235. The van der Waals surface area contributed by atoms with Crippen LogP contribution in [0.3, 0.4) is 0 Å². The summed E-state index contributed by atoms with van der Waals surface area (Å²) in [7, 11) is 1.62. The lowest BCUT2D eigenvalue weighted by Crippen LogP contribution is -2.48. The highest BCUT2D eigenvalue weighted by Crippen LogP contribution is 2.29. The monoisotopic (exact) mass is 357 g/mol. The van der Waals surface area contributed by atoms with Crippen molar-refractivity contribution in [2.24, 2.45) is 0 Å². The van der Waals surface area contributed by atoms with Crippen molar-refractivity contribution in [1.82, 2.24) is 4.90 Å². The maximum atomic E-state index is 12.6. The van der Waals surface area contributed by atoms with Crippen LogP contribution < -0.4 is 9.64 Å². The van der Waals surface area contributed by atoms with E-state index in [1.165, 1.54) is 6.07 Å². The van der Waals surface area contributed by atoms with Crippen LogP contribution in [-0.4, -0.2) is 54.1 Å². The van der Waals surface area contributed by atoms with Gasteiger partial charge in [0.2, 0.25) is 0 Å². The van der Waals surface area contributed by atoms with Gasteiger partial charge >= 0.3 is 5.69 Å². The van der Waals surface area contributed by atoms with Crippen LogP contribution in [0.5, 0.6) is 11.5 Å². The van der Waals surface area contributed by atoms with E-state index in [0.29, 0.717) is 26.2 Å². The number of nitro benzene ring substituents is 1. The van der Waals surface area contributed by atoms with Crippen molar-refractivity contribution in [1.29, 1.82) is 0 Å². The number of hydrogen-bond donors (Lipinski definition) is 1. The molecule has 1 amide bonds. The van der Waals surface area contributed by atoms with Gasteiger partial charge in [-0.1, -0.05) is 12.1 Å². The number of phenols is 1. The molecule has 0 spiro atoms. The van der Waals surface area contributed by atoms with Crippen LogP contribution in [-0.2, 0) is 0 Å². The molecular weight excluding hydrogens is 338 g/mol. The van der Waals surface area contributed by atoms with E-state index < -0.39 is 16.4 Å². The second kappa shape index (κ2) is 7.30. The van der Waals surface area contributed by atoms with Crippen molar-refractivity contribution >= 4 is 17.3 Å². The fraction of sp³-hybridized carbons (Fsp3) is 0.278. The number of anilines is 1. The van der Waals surface area contributed by atoms with Gasteiger partial charge in [-0.15, -0.1) is 0 Å². The molecule has 2 aromatic carbocycles. The standard InChI is InChI=1S/C18H19N3O5/c1-26-17-5-3-2-4-15(17)19-8-10-20(11-9-19)18(23)13-6-7-14(21(24)25)16(22)12-13/h2-7,12,22H,8-11H2,1H3. The average molecular weight is 357 g/mol. The van der Waals surface area contributed by atoms with E-state index in [9.17, 15) is 20.0 Å². The average Bonchev–Trinajstić information content (AvgIpc) is 2.67. The highest BCUT2D eigenvalue weighted by atomic mass is 16.6. The first kappa shape index (κ1) is 17.5. The topological polar surface area (TPSA) is 96.2 Å². The molecule has 0 aromatic heterocycles. The summed E-state index contributed by atoms with van der Waals surface area (Å²) in [5.74, 6) is 0.0240. The largest absolute Gasteiger partial charge is 0.502 e. The number of carbonyl (C=O) groups excluding carboxylic acids is 1. The zero-order valence-electron chi connectivity index (χ0n) is 14.3. The van der Waals surface area contributed by atoms with Gasteiger partial charge in [-0.3, -0.25) is 14.9 Å². The van der Waals surface area contributed by atoms with Crippen LogP contribution in [0.25, 0.3) is 0 Å². The Hall–Kier alpha value is -3.29. The number of phenolic OH excluding ortho intramolecular Hbond substituents is 1. The maximum Gasteiger partial charge on any atom is 0.310 e. The summed E-state index contributed by atoms with van der Waals surface area (Å²) in [6, 6.07) is 11.4. The van der Waals surface area contributed by atoms with E-state index in [-0.39, 0.29) is 11.5 Å². The Kier molecular flexibility index (Phi) is 4.92. The lowest BCUT2D eigenvalue weighted by atomic mass is 10.1. The van der Waals surface area contributed by atoms with E-state index >= 15 is 0 Å². The molecule has 0 saturated carbocycles. The molecule has 0 atom stereocenters. The molecule has 0 bridgehead atoms. The van der Waals surface area contributed by atoms with Crippen molar-refractivity contribution in [3.63, 3.8) is 0 Å². The van der Waals surface area contributed by atoms with E-state index in [1.54, 1.807) is 12.0 Å². The van der Waals surface area contributed by atoms with E-state index in [0.717, 1.165) is 23.6 Å². The molecule has 0 aliphatic carbocycles. The molecule has 8 heteroatoms. The maximum absolute atomic E-state index is 12.6. The van der Waals surface area contributed by atoms with Gasteiger partial charge in [0.1, 0.15) is 5.75 Å². The van der Waals surface area contributed by atoms with Crippen molar-refractivity contribution in [2.45, 2.75) is 0 Å². The Morgan fingerprint density at radius 2 is 1.85 bits per heavy atom. The number of benzene rings is 2. The molecule has 3 rings (SSSR count). The first-order chi connectivity index (χ1) is 12.5. The molecule has 0 unspecified atom stereocenters. The fourth-order valence-electron chi connectivity index (χ4n) is 3.03. The second-order valence-corrected chi connectivity index (χ2v) is 5.91. The normalized spacial score (nSPS) is 14.2. The zero-order chi connectivity index (χ0) is 18.7. The molecule has 1 aliphatic heterocycles. The van der Waals surface area contributed by atoms with Gasteiger partial charge in [0, 0.05) is 37.8 Å². The van der Waals surface area contributed by atoms with Crippen LogP contribution in [0.2, 0.25) is 0 Å². The number of nitro groups is 1. The van der Waals surface area contributed by atoms with E-state index in [4.69, 9.17) is 4.74 Å². The highest BCUT2D eigenvalue weighted by molar-refractivity contribution is 5.95. The third-order valence-corrected chi connectivity index (χ3v) is 4.41. The minimum atomic E-state index is -0.685. The Morgan fingerprint density at radius 3 is 2.46 bits per heavy atom. The number of ether oxygens (including phenoxy) is 1. The van der Waals surface area contributed by atoms with Crippen LogP contribution >= 0.6 is 0 Å². The summed E-state index contributed by atoms with van der Waals surface area (Å²) in [5.41, 5.74) is 0.802. The summed E-state index contributed by atoms with van der Waals surface area (Å²) >= 11 is 0. The number of amides is 1. The van der Waals surface area contributed by atoms with Crippen LogP contribution in [0.4, 0.5) is 11.4 Å². The van der Waals surface area contributed by atoms with Crippen molar-refractivity contribution in [3.05, 3.63) is 58.1 Å². The Bertz CT molecular complexity index is 831. The number of aromatic hydroxyl groups is 1. The Labute approximate surface area is 150 Å². The molecule has 0 radical (unpaired) electrons. The number of para-hydroxylation sites is 2. The predicted molar refractivity (Wildman–Crippen MR) is 95.9 cm³/mol. The second-order valence-electron chi connectivity index (χ2n) is 5.91. The van der Waals surface area contributed by atoms with Crippen molar-refractivity contribution in [3.8, 4) is 11.5 Å². The molecule has 2 aromatic rings. The Morgan fingerprint density at radius 1 is 1.15 bits per heavy atom. The summed E-state index contributed by atoms with van der Waals surface area (Å²) in [6.45, 7) is 2.30. The molecular formula is C18H19N3O5. The smallest absolute Gasteiger partial charge is 0.310 e. The van der Waals surface area contributed by atoms with Crippen LogP contribution in [0.15, 0.2) is 42.5 Å². The lowest BCUT2D eigenvalue weighted by molar-refractivity contribution is -0.385. The van der Waals surface area contributed by atoms with Gasteiger partial charge in [0.15, 0.2) is 5.75 Å². The number of piperazine rings is 1. The van der Waals surface area contributed by atoms with Gasteiger partial charge < -0.3 is 19.6 Å². The number of nitrogens with zero attached hydrogens (tertiary/aromatic N) is 3. The Balaban J connectivity index is 1.69. The lowest BCUT2D eigenvalue weighted by Gasteiger charge is -2.36. The summed E-state index contributed by atoms with van der Waals surface area (Å²) in [4.78, 5) is 26.5.